The molecule has 2 aliphatic rings. The third-order valence-electron chi connectivity index (χ3n) is 7.80. The lowest BCUT2D eigenvalue weighted by molar-refractivity contribution is 0.222. The minimum Gasteiger partial charge on any atom is -0.452 e. The van der Waals surface area contributed by atoms with Crippen LogP contribution in [0.15, 0.2) is 73.6 Å². The van der Waals surface area contributed by atoms with Gasteiger partial charge in [0, 0.05) is 41.3 Å². The van der Waals surface area contributed by atoms with Crippen LogP contribution >= 0.6 is 23.2 Å². The molecule has 2 aromatic carbocycles. The third-order valence-corrected chi connectivity index (χ3v) is 8.30. The maximum Gasteiger partial charge on any atom is 0.187 e. The Kier molecular flexibility index (Phi) is 11.4. The Morgan fingerprint density at radius 3 is 1.80 bits per heavy atom. The number of aliphatic hydroxyl groups is 2. The van der Waals surface area contributed by atoms with Gasteiger partial charge in [-0.15, -0.1) is 0 Å². The minimum absolute atomic E-state index is 0.191. The van der Waals surface area contributed by atoms with Gasteiger partial charge in [-0.05, 0) is 86.6 Å². The van der Waals surface area contributed by atoms with E-state index in [1.807, 2.05) is 0 Å². The van der Waals surface area contributed by atoms with Crippen LogP contribution in [0.2, 0.25) is 10.0 Å². The van der Waals surface area contributed by atoms with E-state index in [9.17, 15) is 10.2 Å². The maximum absolute atomic E-state index is 9.43. The van der Waals surface area contributed by atoms with Crippen molar-refractivity contribution in [2.45, 2.75) is 50.6 Å². The Hall–Kier alpha value is -3.70. The second-order valence-electron chi connectivity index (χ2n) is 10.9. The molecule has 232 valence electrons. The van der Waals surface area contributed by atoms with E-state index in [2.05, 4.69) is 30.6 Å². The average Bonchev–Trinajstić information content (AvgIpc) is 3.71. The number of halogens is 2. The Balaban J connectivity index is 0.000000175. The highest BCUT2D eigenvalue weighted by atomic mass is 35.5. The molecule has 2 saturated carbocycles. The van der Waals surface area contributed by atoms with Crippen LogP contribution in [0, 0.1) is 11.8 Å². The van der Waals surface area contributed by atoms with Crippen molar-refractivity contribution in [1.29, 1.82) is 0 Å². The smallest absolute Gasteiger partial charge is 0.187 e. The fourth-order valence-electron chi connectivity index (χ4n) is 5.45. The molecule has 4 aromatic rings. The molecular weight excluding hydrogens is 603 g/mol. The largest absolute Gasteiger partial charge is 0.452 e. The summed E-state index contributed by atoms with van der Waals surface area (Å²) in [6.45, 7) is 0.437. The van der Waals surface area contributed by atoms with E-state index >= 15 is 0 Å². The van der Waals surface area contributed by atoms with Gasteiger partial charge in [-0.3, -0.25) is 0 Å². The maximum atomic E-state index is 9.43. The zero-order valence-corrected chi connectivity index (χ0v) is 25.7. The molecule has 10 nitrogen and oxygen atoms in total. The first-order valence-electron chi connectivity index (χ1n) is 14.7. The summed E-state index contributed by atoms with van der Waals surface area (Å²) >= 11 is 11.7. The molecule has 0 amide bonds. The molecule has 0 spiro atoms. The van der Waals surface area contributed by atoms with E-state index in [0.29, 0.717) is 56.6 Å². The molecule has 12 heteroatoms. The number of anilines is 2. The first-order chi connectivity index (χ1) is 21.5. The van der Waals surface area contributed by atoms with Gasteiger partial charge in [-0.25, -0.2) is 19.9 Å². The van der Waals surface area contributed by atoms with Crippen molar-refractivity contribution in [3.05, 3.63) is 83.6 Å². The van der Waals surface area contributed by atoms with Gasteiger partial charge in [0.1, 0.15) is 24.2 Å². The number of ether oxygens (including phenoxy) is 2. The van der Waals surface area contributed by atoms with Crippen LogP contribution in [0.5, 0.6) is 23.0 Å². The van der Waals surface area contributed by atoms with Crippen molar-refractivity contribution >= 4 is 34.8 Å². The Morgan fingerprint density at radius 2 is 1.27 bits per heavy atom. The Bertz CT molecular complexity index is 1460. The first-order valence-corrected chi connectivity index (χ1v) is 15.5. The van der Waals surface area contributed by atoms with Crippen molar-refractivity contribution in [2.24, 2.45) is 11.8 Å². The van der Waals surface area contributed by atoms with E-state index in [0.717, 1.165) is 38.5 Å². The molecule has 0 aliphatic heterocycles. The van der Waals surface area contributed by atoms with Gasteiger partial charge < -0.3 is 30.3 Å². The number of nitrogens with one attached hydrogen (secondary N) is 2. The lowest BCUT2D eigenvalue weighted by Gasteiger charge is -2.20. The van der Waals surface area contributed by atoms with Crippen LogP contribution in [0.25, 0.3) is 0 Å². The fourth-order valence-corrected chi connectivity index (χ4v) is 5.70. The summed E-state index contributed by atoms with van der Waals surface area (Å²) in [5.74, 6) is 4.46. The molecule has 2 heterocycles. The zero-order chi connectivity index (χ0) is 30.7. The van der Waals surface area contributed by atoms with Crippen LogP contribution in [-0.2, 0) is 0 Å². The summed E-state index contributed by atoms with van der Waals surface area (Å²) in [4.78, 5) is 16.6. The number of benzene rings is 2. The van der Waals surface area contributed by atoms with Crippen molar-refractivity contribution in [3.63, 3.8) is 0 Å². The van der Waals surface area contributed by atoms with Crippen molar-refractivity contribution in [2.75, 3.05) is 23.8 Å². The SMILES string of the molecule is OC[C@@H]1CCC[C@H]1Nc1ncncc1Oc1ccc(Cl)cc1.OC[C@H]1CC[C@H](Nc2ncncc2Oc2ccc(Cl)cc2)C1. The van der Waals surface area contributed by atoms with Gasteiger partial charge in [0.15, 0.2) is 23.1 Å². The van der Waals surface area contributed by atoms with E-state index in [1.165, 1.54) is 12.7 Å². The lowest BCUT2D eigenvalue weighted by atomic mass is 10.1. The molecule has 0 saturated heterocycles. The van der Waals surface area contributed by atoms with Crippen LogP contribution in [0.1, 0.15) is 38.5 Å². The third kappa shape index (κ3) is 8.92. The summed E-state index contributed by atoms with van der Waals surface area (Å²) in [7, 11) is 0. The summed E-state index contributed by atoms with van der Waals surface area (Å²) in [6, 6.07) is 14.8. The van der Waals surface area contributed by atoms with Gasteiger partial charge in [0.2, 0.25) is 0 Å². The van der Waals surface area contributed by atoms with Crippen molar-refractivity contribution < 1.29 is 19.7 Å². The molecule has 2 aromatic heterocycles. The predicted octanol–water partition coefficient (Wildman–Crippen LogP) is 6.99. The molecule has 2 fully saturated rings. The van der Waals surface area contributed by atoms with E-state index in [-0.39, 0.29) is 25.2 Å². The summed E-state index contributed by atoms with van der Waals surface area (Å²) in [5, 5.41) is 26.8. The van der Waals surface area contributed by atoms with Crippen LogP contribution in [0.4, 0.5) is 11.6 Å². The van der Waals surface area contributed by atoms with Crippen LogP contribution < -0.4 is 20.1 Å². The molecular formula is C32H36Cl2N6O4. The molecule has 2 aliphatic carbocycles. The standard InChI is InChI=1S/2C16H18ClN3O2/c17-12-2-5-14(6-3-12)22-15-8-18-10-19-16(15)20-13-4-1-11(7-13)9-21;17-12-4-6-13(7-5-12)22-15-8-18-10-19-16(15)20-14-3-1-2-11(14)9-21/h2-3,5-6,8,10-11,13,21H,1,4,7,9H2,(H,18,19,20);4-8,10-11,14,21H,1-3,9H2,(H,18,19,20)/t11-,13-;11-,14+/m00/s1. The van der Waals surface area contributed by atoms with E-state index < -0.39 is 0 Å². The first kappa shape index (κ1) is 31.7. The van der Waals surface area contributed by atoms with Gasteiger partial charge in [0.25, 0.3) is 0 Å². The molecule has 0 bridgehead atoms. The van der Waals surface area contributed by atoms with Crippen LogP contribution in [0.3, 0.4) is 0 Å². The number of hydrogen-bond donors (Lipinski definition) is 4. The van der Waals surface area contributed by atoms with Gasteiger partial charge in [0.05, 0.1) is 12.4 Å². The quantitative estimate of drug-likeness (QED) is 0.144. The van der Waals surface area contributed by atoms with Crippen molar-refractivity contribution in [3.8, 4) is 23.0 Å². The molecule has 44 heavy (non-hydrogen) atoms. The van der Waals surface area contributed by atoms with Crippen molar-refractivity contribution in [1.82, 2.24) is 19.9 Å². The Labute approximate surface area is 266 Å². The second-order valence-corrected chi connectivity index (χ2v) is 11.8. The number of nitrogens with zero attached hydrogens (tertiary/aromatic N) is 4. The van der Waals surface area contributed by atoms with Gasteiger partial charge >= 0.3 is 0 Å². The van der Waals surface area contributed by atoms with Gasteiger partial charge in [-0.1, -0.05) is 29.6 Å². The Morgan fingerprint density at radius 1 is 0.705 bits per heavy atom. The zero-order valence-electron chi connectivity index (χ0n) is 24.2. The topological polar surface area (TPSA) is 135 Å². The average molecular weight is 640 g/mol. The predicted molar refractivity (Wildman–Crippen MR) is 171 cm³/mol. The van der Waals surface area contributed by atoms with Gasteiger partial charge in [-0.2, -0.15) is 0 Å². The lowest BCUT2D eigenvalue weighted by Crippen LogP contribution is -2.27. The summed E-state index contributed by atoms with van der Waals surface area (Å²) in [5.41, 5.74) is 0. The summed E-state index contributed by atoms with van der Waals surface area (Å²) in [6.07, 6.45) is 12.4. The monoisotopic (exact) mass is 638 g/mol. The highest BCUT2D eigenvalue weighted by Crippen LogP contribution is 2.34. The van der Waals surface area contributed by atoms with E-state index in [4.69, 9.17) is 32.7 Å². The molecule has 4 N–H and O–H groups in total. The second kappa shape index (κ2) is 15.9. The van der Waals surface area contributed by atoms with E-state index in [1.54, 1.807) is 60.9 Å². The minimum atomic E-state index is 0.191. The highest BCUT2D eigenvalue weighted by molar-refractivity contribution is 6.30. The fraction of sp³-hybridized carbons (Fsp3) is 0.375. The molecule has 0 radical (unpaired) electrons. The highest BCUT2D eigenvalue weighted by Gasteiger charge is 2.28. The molecule has 6 rings (SSSR count). The molecule has 4 atom stereocenters. The molecule has 0 unspecified atom stereocenters. The number of rotatable bonds is 10. The van der Waals surface area contributed by atoms with Crippen LogP contribution in [-0.4, -0.2) is 55.4 Å². The number of aliphatic hydroxyl groups excluding tert-OH is 2. The summed E-state index contributed by atoms with van der Waals surface area (Å²) < 4.78 is 11.7. The normalized spacial score (nSPS) is 20.8. The number of hydrogen-bond acceptors (Lipinski definition) is 10. The number of aromatic nitrogens is 4.